The van der Waals surface area contributed by atoms with Crippen molar-refractivity contribution in [2.24, 2.45) is 5.73 Å². The van der Waals surface area contributed by atoms with Gasteiger partial charge in [0.05, 0.1) is 11.0 Å². The van der Waals surface area contributed by atoms with E-state index in [1.807, 2.05) is 0 Å². The SMILES string of the molecule is CN(CCCN)C(=O)CCS(=O)(=O)C1CCOCC1. The molecule has 0 radical (unpaired) electrons. The second-order valence-corrected chi connectivity index (χ2v) is 7.29. The largest absolute Gasteiger partial charge is 0.381 e. The third kappa shape index (κ3) is 5.46. The molecule has 1 amide bonds. The maximum atomic E-state index is 12.1. The van der Waals surface area contributed by atoms with Crippen LogP contribution < -0.4 is 5.73 Å². The van der Waals surface area contributed by atoms with Crippen molar-refractivity contribution in [1.82, 2.24) is 4.90 Å². The van der Waals surface area contributed by atoms with Crippen molar-refractivity contribution in [3.63, 3.8) is 0 Å². The second-order valence-electron chi connectivity index (χ2n) is 4.89. The Labute approximate surface area is 115 Å². The van der Waals surface area contributed by atoms with Gasteiger partial charge in [0, 0.05) is 33.2 Å². The van der Waals surface area contributed by atoms with Gasteiger partial charge in [0.15, 0.2) is 9.84 Å². The summed E-state index contributed by atoms with van der Waals surface area (Å²) in [5, 5.41) is -0.344. The lowest BCUT2D eigenvalue weighted by Gasteiger charge is -2.22. The number of nitrogens with two attached hydrogens (primary N) is 1. The molecule has 0 spiro atoms. The van der Waals surface area contributed by atoms with Crippen LogP contribution in [0.4, 0.5) is 0 Å². The number of ether oxygens (including phenoxy) is 1. The Morgan fingerprint density at radius 2 is 2.00 bits per heavy atom. The quantitative estimate of drug-likeness (QED) is 0.700. The van der Waals surface area contributed by atoms with E-state index in [9.17, 15) is 13.2 Å². The summed E-state index contributed by atoms with van der Waals surface area (Å²) in [7, 11) is -1.50. The Bertz CT molecular complexity index is 377. The summed E-state index contributed by atoms with van der Waals surface area (Å²) in [4.78, 5) is 13.3. The molecule has 1 saturated heterocycles. The van der Waals surface area contributed by atoms with Gasteiger partial charge < -0.3 is 15.4 Å². The van der Waals surface area contributed by atoms with E-state index in [1.165, 1.54) is 0 Å². The minimum atomic E-state index is -3.18. The number of hydrogen-bond acceptors (Lipinski definition) is 5. The molecule has 1 rings (SSSR count). The summed E-state index contributed by atoms with van der Waals surface area (Å²) in [5.74, 6) is -0.201. The molecule has 0 aromatic carbocycles. The molecule has 19 heavy (non-hydrogen) atoms. The molecular weight excluding hydrogens is 268 g/mol. The van der Waals surface area contributed by atoms with Gasteiger partial charge in [-0.05, 0) is 25.8 Å². The number of carbonyl (C=O) groups excluding carboxylic acids is 1. The smallest absolute Gasteiger partial charge is 0.223 e. The summed E-state index contributed by atoms with van der Waals surface area (Å²) >= 11 is 0. The fourth-order valence-electron chi connectivity index (χ4n) is 2.08. The van der Waals surface area contributed by atoms with Gasteiger partial charge in [-0.3, -0.25) is 4.79 Å². The number of amides is 1. The van der Waals surface area contributed by atoms with Gasteiger partial charge >= 0.3 is 0 Å². The normalized spacial score (nSPS) is 17.4. The Hall–Kier alpha value is -0.660. The van der Waals surface area contributed by atoms with E-state index >= 15 is 0 Å². The average molecular weight is 292 g/mol. The van der Waals surface area contributed by atoms with Crippen LogP contribution in [0.1, 0.15) is 25.7 Å². The molecule has 1 fully saturated rings. The summed E-state index contributed by atoms with van der Waals surface area (Å²) in [6, 6.07) is 0. The van der Waals surface area contributed by atoms with Crippen molar-refractivity contribution >= 4 is 15.7 Å². The summed E-state index contributed by atoms with van der Waals surface area (Å²) in [6.45, 7) is 2.09. The highest BCUT2D eigenvalue weighted by Gasteiger charge is 2.28. The Balaban J connectivity index is 2.39. The van der Waals surface area contributed by atoms with E-state index in [4.69, 9.17) is 10.5 Å². The highest BCUT2D eigenvalue weighted by molar-refractivity contribution is 7.92. The van der Waals surface area contributed by atoms with Crippen molar-refractivity contribution in [1.29, 1.82) is 0 Å². The van der Waals surface area contributed by atoms with Gasteiger partial charge in [0.25, 0.3) is 0 Å². The highest BCUT2D eigenvalue weighted by Crippen LogP contribution is 2.17. The molecule has 0 unspecified atom stereocenters. The van der Waals surface area contributed by atoms with Gasteiger partial charge in [0.2, 0.25) is 5.91 Å². The van der Waals surface area contributed by atoms with E-state index in [2.05, 4.69) is 0 Å². The van der Waals surface area contributed by atoms with E-state index < -0.39 is 9.84 Å². The summed E-state index contributed by atoms with van der Waals surface area (Å²) in [6.07, 6.45) is 1.87. The molecular formula is C12H24N2O4S. The number of hydrogen-bond donors (Lipinski definition) is 1. The molecule has 0 atom stereocenters. The minimum Gasteiger partial charge on any atom is -0.381 e. The van der Waals surface area contributed by atoms with Gasteiger partial charge in [-0.15, -0.1) is 0 Å². The summed E-state index contributed by atoms with van der Waals surface area (Å²) in [5.41, 5.74) is 5.37. The van der Waals surface area contributed by atoms with Crippen LogP contribution in [0.25, 0.3) is 0 Å². The number of carbonyl (C=O) groups is 1. The lowest BCUT2D eigenvalue weighted by Crippen LogP contribution is -2.34. The third-order valence-electron chi connectivity index (χ3n) is 3.40. The number of sulfone groups is 1. The van der Waals surface area contributed by atoms with Crippen LogP contribution in [0.3, 0.4) is 0 Å². The Morgan fingerprint density at radius 3 is 2.58 bits per heavy atom. The maximum Gasteiger partial charge on any atom is 0.223 e. The summed E-state index contributed by atoms with van der Waals surface area (Å²) < 4.78 is 29.3. The zero-order valence-corrected chi connectivity index (χ0v) is 12.3. The lowest BCUT2D eigenvalue weighted by atomic mass is 10.2. The van der Waals surface area contributed by atoms with Gasteiger partial charge in [-0.2, -0.15) is 0 Å². The van der Waals surface area contributed by atoms with Crippen LogP contribution in [-0.2, 0) is 19.4 Å². The zero-order valence-electron chi connectivity index (χ0n) is 11.5. The average Bonchev–Trinajstić information content (AvgIpc) is 2.43. The third-order valence-corrected chi connectivity index (χ3v) is 5.66. The van der Waals surface area contributed by atoms with E-state index in [-0.39, 0.29) is 23.3 Å². The van der Waals surface area contributed by atoms with E-state index in [0.29, 0.717) is 39.1 Å². The first-order valence-corrected chi connectivity index (χ1v) is 8.42. The molecule has 1 aliphatic rings. The molecule has 112 valence electrons. The zero-order chi connectivity index (χ0) is 14.3. The molecule has 0 aromatic heterocycles. The molecule has 0 bridgehead atoms. The van der Waals surface area contributed by atoms with Crippen molar-refractivity contribution in [3.05, 3.63) is 0 Å². The molecule has 7 heteroatoms. The van der Waals surface area contributed by atoms with E-state index in [0.717, 1.165) is 6.42 Å². The molecule has 0 saturated carbocycles. The van der Waals surface area contributed by atoms with Crippen LogP contribution in [0, 0.1) is 0 Å². The van der Waals surface area contributed by atoms with Crippen LogP contribution in [0.15, 0.2) is 0 Å². The van der Waals surface area contributed by atoms with Crippen LogP contribution in [0.2, 0.25) is 0 Å². The van der Waals surface area contributed by atoms with Gasteiger partial charge in [0.1, 0.15) is 0 Å². The first kappa shape index (κ1) is 16.4. The predicted molar refractivity (Wildman–Crippen MR) is 73.6 cm³/mol. The van der Waals surface area contributed by atoms with Crippen molar-refractivity contribution in [2.45, 2.75) is 30.9 Å². The predicted octanol–water partition coefficient (Wildman–Crippen LogP) is -0.222. The fraction of sp³-hybridized carbons (Fsp3) is 0.917. The molecule has 0 aromatic rings. The minimum absolute atomic E-state index is 0.0563. The number of rotatable bonds is 7. The fourth-order valence-corrected chi connectivity index (χ4v) is 3.78. The first-order valence-electron chi connectivity index (χ1n) is 6.70. The molecule has 1 aliphatic heterocycles. The standard InChI is InChI=1S/C12H24N2O4S/c1-14(7-2-6-13)12(15)5-10-19(16,17)11-3-8-18-9-4-11/h11H,2-10,13H2,1H3. The van der Waals surface area contributed by atoms with Crippen LogP contribution >= 0.6 is 0 Å². The molecule has 1 heterocycles. The van der Waals surface area contributed by atoms with Gasteiger partial charge in [-0.1, -0.05) is 0 Å². The van der Waals surface area contributed by atoms with Crippen molar-refractivity contribution in [2.75, 3.05) is 39.1 Å². The van der Waals surface area contributed by atoms with Crippen molar-refractivity contribution < 1.29 is 17.9 Å². The Morgan fingerprint density at radius 1 is 1.37 bits per heavy atom. The lowest BCUT2D eigenvalue weighted by molar-refractivity contribution is -0.129. The highest BCUT2D eigenvalue weighted by atomic mass is 32.2. The first-order chi connectivity index (χ1) is 8.97. The van der Waals surface area contributed by atoms with Crippen molar-refractivity contribution in [3.8, 4) is 0 Å². The molecule has 2 N–H and O–H groups in total. The van der Waals surface area contributed by atoms with E-state index in [1.54, 1.807) is 11.9 Å². The van der Waals surface area contributed by atoms with Gasteiger partial charge in [-0.25, -0.2) is 8.42 Å². The van der Waals surface area contributed by atoms with Crippen LogP contribution in [0.5, 0.6) is 0 Å². The monoisotopic (exact) mass is 292 g/mol. The topological polar surface area (TPSA) is 89.7 Å². The second kappa shape index (κ2) is 7.81. The maximum absolute atomic E-state index is 12.1. The number of nitrogens with zero attached hydrogens (tertiary/aromatic N) is 1. The molecule has 6 nitrogen and oxygen atoms in total. The Kier molecular flexibility index (Phi) is 6.74. The molecule has 0 aliphatic carbocycles. The van der Waals surface area contributed by atoms with Crippen LogP contribution in [-0.4, -0.2) is 63.6 Å².